The zero-order chi connectivity index (χ0) is 10.6. The standard InChI is InChI=1S/C12H22N2/c1-11-10-14(9-7-13-11)8-5-6-12(2,3)4/h11,13H,7-10H2,1-4H3/t11-/m1/s1. The molecule has 2 nitrogen and oxygen atoms in total. The topological polar surface area (TPSA) is 15.3 Å². The second-order valence-corrected chi connectivity index (χ2v) is 5.14. The molecule has 1 aliphatic rings. The Morgan fingerprint density at radius 3 is 2.71 bits per heavy atom. The van der Waals surface area contributed by atoms with Crippen LogP contribution in [0.2, 0.25) is 0 Å². The van der Waals surface area contributed by atoms with E-state index in [-0.39, 0.29) is 5.41 Å². The molecule has 1 saturated heterocycles. The minimum absolute atomic E-state index is 0.139. The van der Waals surface area contributed by atoms with Crippen molar-refractivity contribution in [2.45, 2.75) is 33.7 Å². The van der Waals surface area contributed by atoms with Crippen molar-refractivity contribution in [3.8, 4) is 11.8 Å². The quantitative estimate of drug-likeness (QED) is 0.634. The molecule has 0 unspecified atom stereocenters. The van der Waals surface area contributed by atoms with Crippen LogP contribution in [-0.2, 0) is 0 Å². The van der Waals surface area contributed by atoms with Gasteiger partial charge in [0.1, 0.15) is 0 Å². The highest BCUT2D eigenvalue weighted by atomic mass is 15.2. The van der Waals surface area contributed by atoms with E-state index in [0.29, 0.717) is 6.04 Å². The summed E-state index contributed by atoms with van der Waals surface area (Å²) in [7, 11) is 0. The van der Waals surface area contributed by atoms with Crippen molar-refractivity contribution < 1.29 is 0 Å². The number of hydrogen-bond donors (Lipinski definition) is 1. The zero-order valence-corrected chi connectivity index (χ0v) is 9.85. The van der Waals surface area contributed by atoms with E-state index in [0.717, 1.165) is 26.2 Å². The molecule has 14 heavy (non-hydrogen) atoms. The maximum Gasteiger partial charge on any atom is 0.0602 e. The van der Waals surface area contributed by atoms with Crippen LogP contribution in [0.5, 0.6) is 0 Å². The van der Waals surface area contributed by atoms with Gasteiger partial charge in [0.15, 0.2) is 0 Å². The third-order valence-corrected chi connectivity index (χ3v) is 2.22. The van der Waals surface area contributed by atoms with E-state index in [2.05, 4.69) is 49.8 Å². The summed E-state index contributed by atoms with van der Waals surface area (Å²) in [4.78, 5) is 2.42. The lowest BCUT2D eigenvalue weighted by Crippen LogP contribution is -2.49. The van der Waals surface area contributed by atoms with Crippen LogP contribution in [0.1, 0.15) is 27.7 Å². The van der Waals surface area contributed by atoms with Gasteiger partial charge in [0.2, 0.25) is 0 Å². The van der Waals surface area contributed by atoms with E-state index in [4.69, 9.17) is 0 Å². The molecule has 0 radical (unpaired) electrons. The summed E-state index contributed by atoms with van der Waals surface area (Å²) in [5.74, 6) is 6.54. The fraction of sp³-hybridized carbons (Fsp3) is 0.833. The SMILES string of the molecule is C[C@@H]1CN(CC#CC(C)(C)C)CCN1. The van der Waals surface area contributed by atoms with Gasteiger partial charge in [0.25, 0.3) is 0 Å². The molecule has 1 rings (SSSR count). The molecule has 0 bridgehead atoms. The van der Waals surface area contributed by atoms with Crippen molar-refractivity contribution in [3.63, 3.8) is 0 Å². The Balaban J connectivity index is 2.33. The third-order valence-electron chi connectivity index (χ3n) is 2.22. The monoisotopic (exact) mass is 194 g/mol. The van der Waals surface area contributed by atoms with Gasteiger partial charge >= 0.3 is 0 Å². The van der Waals surface area contributed by atoms with Crippen molar-refractivity contribution >= 4 is 0 Å². The highest BCUT2D eigenvalue weighted by Crippen LogP contribution is 2.09. The average Bonchev–Trinajstić information content (AvgIpc) is 2.01. The molecule has 1 aliphatic heterocycles. The zero-order valence-electron chi connectivity index (χ0n) is 9.85. The summed E-state index contributed by atoms with van der Waals surface area (Å²) in [5, 5.41) is 3.43. The summed E-state index contributed by atoms with van der Waals surface area (Å²) < 4.78 is 0. The third kappa shape index (κ3) is 4.64. The Morgan fingerprint density at radius 1 is 1.43 bits per heavy atom. The van der Waals surface area contributed by atoms with Crippen LogP contribution < -0.4 is 5.32 Å². The predicted molar refractivity (Wildman–Crippen MR) is 61.1 cm³/mol. The smallest absolute Gasteiger partial charge is 0.0602 e. The van der Waals surface area contributed by atoms with E-state index >= 15 is 0 Å². The molecule has 80 valence electrons. The Bertz CT molecular complexity index is 229. The molecule has 2 heteroatoms. The Labute approximate surface area is 88.1 Å². The number of nitrogens with one attached hydrogen (secondary N) is 1. The van der Waals surface area contributed by atoms with E-state index < -0.39 is 0 Å². The summed E-state index contributed by atoms with van der Waals surface area (Å²) in [6, 6.07) is 0.611. The maximum atomic E-state index is 3.43. The van der Waals surface area contributed by atoms with E-state index in [1.807, 2.05) is 0 Å². The van der Waals surface area contributed by atoms with Crippen LogP contribution in [0.3, 0.4) is 0 Å². The van der Waals surface area contributed by atoms with Gasteiger partial charge in [-0.05, 0) is 27.7 Å². The first-order chi connectivity index (χ1) is 6.47. The summed E-state index contributed by atoms with van der Waals surface area (Å²) in [6.07, 6.45) is 0. The lowest BCUT2D eigenvalue weighted by molar-refractivity contribution is 0.229. The first-order valence-electron chi connectivity index (χ1n) is 5.43. The fourth-order valence-corrected chi connectivity index (χ4v) is 1.57. The molecule has 0 aliphatic carbocycles. The predicted octanol–water partition coefficient (Wildman–Crippen LogP) is 1.33. The van der Waals surface area contributed by atoms with Crippen molar-refractivity contribution in [2.75, 3.05) is 26.2 Å². The molecule has 1 fully saturated rings. The molecule has 1 atom stereocenters. The lowest BCUT2D eigenvalue weighted by atomic mass is 9.98. The number of hydrogen-bond acceptors (Lipinski definition) is 2. The van der Waals surface area contributed by atoms with Crippen molar-refractivity contribution in [2.24, 2.45) is 5.41 Å². The second-order valence-electron chi connectivity index (χ2n) is 5.14. The van der Waals surface area contributed by atoms with Crippen LogP contribution in [0.15, 0.2) is 0 Å². The maximum absolute atomic E-state index is 3.43. The van der Waals surface area contributed by atoms with Gasteiger partial charge in [-0.1, -0.05) is 11.8 Å². The molecule has 0 aromatic heterocycles. The van der Waals surface area contributed by atoms with Crippen LogP contribution in [0.25, 0.3) is 0 Å². The normalized spacial score (nSPS) is 24.1. The first kappa shape index (κ1) is 11.6. The molecule has 0 aromatic carbocycles. The van der Waals surface area contributed by atoms with Crippen molar-refractivity contribution in [3.05, 3.63) is 0 Å². The highest BCUT2D eigenvalue weighted by Gasteiger charge is 2.13. The number of piperazine rings is 1. The van der Waals surface area contributed by atoms with Gasteiger partial charge < -0.3 is 5.32 Å². The van der Waals surface area contributed by atoms with Gasteiger partial charge in [-0.15, -0.1) is 0 Å². The minimum atomic E-state index is 0.139. The van der Waals surface area contributed by atoms with Crippen molar-refractivity contribution in [1.82, 2.24) is 10.2 Å². The molecular weight excluding hydrogens is 172 g/mol. The molecule has 1 heterocycles. The summed E-state index contributed by atoms with van der Waals surface area (Å²) >= 11 is 0. The average molecular weight is 194 g/mol. The fourth-order valence-electron chi connectivity index (χ4n) is 1.57. The van der Waals surface area contributed by atoms with Crippen LogP contribution in [-0.4, -0.2) is 37.1 Å². The Hall–Kier alpha value is -0.520. The molecule has 0 aromatic rings. The molecule has 0 amide bonds. The van der Waals surface area contributed by atoms with Gasteiger partial charge in [-0.2, -0.15) is 0 Å². The summed E-state index contributed by atoms with van der Waals surface area (Å²) in [6.45, 7) is 13.0. The molecule has 1 N–H and O–H groups in total. The Kier molecular flexibility index (Phi) is 3.97. The summed E-state index contributed by atoms with van der Waals surface area (Å²) in [5.41, 5.74) is 0.139. The Morgan fingerprint density at radius 2 is 2.14 bits per heavy atom. The number of nitrogens with zero attached hydrogens (tertiary/aromatic N) is 1. The van der Waals surface area contributed by atoms with Gasteiger partial charge in [-0.3, -0.25) is 4.90 Å². The van der Waals surface area contributed by atoms with Crippen molar-refractivity contribution in [1.29, 1.82) is 0 Å². The highest BCUT2D eigenvalue weighted by molar-refractivity contribution is 5.08. The largest absolute Gasteiger partial charge is 0.312 e. The van der Waals surface area contributed by atoms with Gasteiger partial charge in [-0.25, -0.2) is 0 Å². The lowest BCUT2D eigenvalue weighted by Gasteiger charge is -2.30. The van der Waals surface area contributed by atoms with Crippen LogP contribution in [0, 0.1) is 17.3 Å². The molecular formula is C12H22N2. The first-order valence-corrected chi connectivity index (χ1v) is 5.43. The van der Waals surface area contributed by atoms with E-state index in [9.17, 15) is 0 Å². The van der Waals surface area contributed by atoms with Crippen LogP contribution >= 0.6 is 0 Å². The minimum Gasteiger partial charge on any atom is -0.312 e. The van der Waals surface area contributed by atoms with Gasteiger partial charge in [0.05, 0.1) is 6.54 Å². The van der Waals surface area contributed by atoms with E-state index in [1.54, 1.807) is 0 Å². The van der Waals surface area contributed by atoms with Crippen LogP contribution in [0.4, 0.5) is 0 Å². The second kappa shape index (κ2) is 4.82. The van der Waals surface area contributed by atoms with Gasteiger partial charge in [0, 0.05) is 31.1 Å². The van der Waals surface area contributed by atoms with E-state index in [1.165, 1.54) is 0 Å². The number of rotatable bonds is 1. The molecule has 0 saturated carbocycles. The molecule has 0 spiro atoms.